The third kappa shape index (κ3) is 6.23. The van der Waals surface area contributed by atoms with E-state index in [-0.39, 0.29) is 23.9 Å². The summed E-state index contributed by atoms with van der Waals surface area (Å²) in [5.74, 6) is 0.449. The van der Waals surface area contributed by atoms with Crippen LogP contribution >= 0.6 is 11.8 Å². The molecule has 0 unspecified atom stereocenters. The number of carbonyl (C=O) groups is 2. The van der Waals surface area contributed by atoms with Gasteiger partial charge in [-0.3, -0.25) is 14.6 Å². The number of thioether (sulfide) groups is 1. The van der Waals surface area contributed by atoms with Gasteiger partial charge in [0.05, 0.1) is 0 Å². The number of rotatable bonds is 7. The number of hydrogen-bond acceptors (Lipinski definition) is 4. The van der Waals surface area contributed by atoms with Crippen LogP contribution < -0.4 is 10.6 Å². The fourth-order valence-corrected chi connectivity index (χ4v) is 1.34. The maximum Gasteiger partial charge on any atom is 0.270 e. The monoisotopic (exact) mass is 243 g/mol. The largest absolute Gasteiger partial charge is 0.359 e. The summed E-state index contributed by atoms with van der Waals surface area (Å²) in [5, 5.41) is 6.72. The van der Waals surface area contributed by atoms with E-state index in [4.69, 9.17) is 0 Å². The van der Waals surface area contributed by atoms with Crippen LogP contribution in [0.2, 0.25) is 0 Å². The molecule has 0 aliphatic carbocycles. The van der Waals surface area contributed by atoms with Gasteiger partial charge in [0.25, 0.3) is 5.91 Å². The quantitative estimate of drug-likeness (QED) is 0.506. The molecule has 0 rings (SSSR count). The second-order valence-electron chi connectivity index (χ2n) is 2.80. The first-order valence-corrected chi connectivity index (χ1v) is 5.97. The van der Waals surface area contributed by atoms with Gasteiger partial charge in [-0.2, -0.15) is 0 Å². The number of amides is 2. The molecule has 0 spiro atoms. The molecule has 0 aromatic rings. The van der Waals surface area contributed by atoms with Crippen molar-refractivity contribution in [2.45, 2.75) is 13.3 Å². The topological polar surface area (TPSA) is 70.6 Å². The Morgan fingerprint density at radius 3 is 2.69 bits per heavy atom. The molecule has 0 aliphatic heterocycles. The maximum absolute atomic E-state index is 11.5. The second kappa shape index (κ2) is 8.96. The van der Waals surface area contributed by atoms with Gasteiger partial charge in [0, 0.05) is 25.4 Å². The van der Waals surface area contributed by atoms with E-state index in [1.54, 1.807) is 12.5 Å². The molecule has 90 valence electrons. The van der Waals surface area contributed by atoms with Crippen molar-refractivity contribution < 1.29 is 9.59 Å². The first-order valence-electron chi connectivity index (χ1n) is 4.93. The van der Waals surface area contributed by atoms with Crippen molar-refractivity contribution in [1.82, 2.24) is 10.6 Å². The third-order valence-electron chi connectivity index (χ3n) is 1.68. The predicted octanol–water partition coefficient (Wildman–Crippen LogP) is 0.534. The van der Waals surface area contributed by atoms with Crippen molar-refractivity contribution in [3.63, 3.8) is 0 Å². The molecule has 0 aromatic heterocycles. The van der Waals surface area contributed by atoms with Gasteiger partial charge >= 0.3 is 0 Å². The van der Waals surface area contributed by atoms with E-state index >= 15 is 0 Å². The summed E-state index contributed by atoms with van der Waals surface area (Å²) in [6.45, 7) is 5.59. The lowest BCUT2D eigenvalue weighted by atomic mass is 10.4. The average Bonchev–Trinajstić information content (AvgIpc) is 2.29. The number of nitrogens with one attached hydrogen (secondary N) is 2. The highest BCUT2D eigenvalue weighted by molar-refractivity contribution is 8.02. The molecule has 0 aromatic carbocycles. The van der Waals surface area contributed by atoms with Gasteiger partial charge in [0.1, 0.15) is 5.70 Å². The summed E-state index contributed by atoms with van der Waals surface area (Å²) < 4.78 is 0. The lowest BCUT2D eigenvalue weighted by Gasteiger charge is -2.04. The third-order valence-corrected chi connectivity index (χ3v) is 2.40. The van der Waals surface area contributed by atoms with Gasteiger partial charge in [-0.05, 0) is 12.5 Å². The smallest absolute Gasteiger partial charge is 0.270 e. The van der Waals surface area contributed by atoms with Gasteiger partial charge in [0.15, 0.2) is 0 Å². The molecule has 0 fully saturated rings. The van der Waals surface area contributed by atoms with Crippen LogP contribution in [0.25, 0.3) is 0 Å². The summed E-state index contributed by atoms with van der Waals surface area (Å²) >= 11 is 1.48. The van der Waals surface area contributed by atoms with E-state index in [0.717, 1.165) is 5.75 Å². The van der Waals surface area contributed by atoms with Crippen LogP contribution in [-0.4, -0.2) is 37.9 Å². The summed E-state index contributed by atoms with van der Waals surface area (Å²) in [6.07, 6.45) is 0.258. The van der Waals surface area contributed by atoms with Crippen molar-refractivity contribution in [1.29, 1.82) is 0 Å². The van der Waals surface area contributed by atoms with Crippen molar-refractivity contribution >= 4 is 30.3 Å². The molecular weight excluding hydrogens is 226 g/mol. The summed E-state index contributed by atoms with van der Waals surface area (Å²) in [6, 6.07) is 0. The molecule has 0 saturated carbocycles. The van der Waals surface area contributed by atoms with Gasteiger partial charge in [0.2, 0.25) is 5.91 Å². The lowest BCUT2D eigenvalue weighted by Crippen LogP contribution is -2.29. The molecule has 0 saturated heterocycles. The molecule has 6 heteroatoms. The van der Waals surface area contributed by atoms with Crippen LogP contribution in [-0.2, 0) is 9.59 Å². The SMILES string of the molecule is C=N/C(=C\SCC)C(=O)NCCC(=O)NC. The Labute approximate surface area is 99.8 Å². The second-order valence-corrected chi connectivity index (χ2v) is 3.94. The Bertz CT molecular complexity index is 290. The normalized spacial score (nSPS) is 10.8. The summed E-state index contributed by atoms with van der Waals surface area (Å²) in [7, 11) is 1.55. The molecule has 0 radical (unpaired) electrons. The Balaban J connectivity index is 4.03. The van der Waals surface area contributed by atoms with Crippen molar-refractivity contribution in [3.05, 3.63) is 11.1 Å². The Morgan fingerprint density at radius 2 is 2.19 bits per heavy atom. The van der Waals surface area contributed by atoms with Gasteiger partial charge < -0.3 is 10.6 Å². The molecule has 0 heterocycles. The maximum atomic E-state index is 11.5. The zero-order chi connectivity index (χ0) is 12.4. The number of aliphatic imine (C=N–C) groups is 1. The highest BCUT2D eigenvalue weighted by Crippen LogP contribution is 2.07. The highest BCUT2D eigenvalue weighted by Gasteiger charge is 2.07. The van der Waals surface area contributed by atoms with Crippen LogP contribution in [0.1, 0.15) is 13.3 Å². The first kappa shape index (κ1) is 14.7. The van der Waals surface area contributed by atoms with E-state index in [0.29, 0.717) is 6.54 Å². The van der Waals surface area contributed by atoms with E-state index in [1.807, 2.05) is 6.92 Å². The van der Waals surface area contributed by atoms with Crippen molar-refractivity contribution in [3.8, 4) is 0 Å². The van der Waals surface area contributed by atoms with Crippen LogP contribution in [0.5, 0.6) is 0 Å². The van der Waals surface area contributed by atoms with E-state index in [2.05, 4.69) is 22.3 Å². The van der Waals surface area contributed by atoms with Gasteiger partial charge in [-0.1, -0.05) is 6.92 Å². The zero-order valence-electron chi connectivity index (χ0n) is 9.58. The minimum atomic E-state index is -0.306. The molecular formula is C10H17N3O2S. The van der Waals surface area contributed by atoms with E-state index in [1.165, 1.54) is 11.8 Å². The van der Waals surface area contributed by atoms with Crippen molar-refractivity contribution in [2.24, 2.45) is 4.99 Å². The summed E-state index contributed by atoms with van der Waals surface area (Å²) in [4.78, 5) is 26.0. The Kier molecular flexibility index (Phi) is 8.24. The summed E-state index contributed by atoms with van der Waals surface area (Å²) in [5.41, 5.74) is 0.281. The van der Waals surface area contributed by atoms with Crippen molar-refractivity contribution in [2.75, 3.05) is 19.3 Å². The Morgan fingerprint density at radius 1 is 1.50 bits per heavy atom. The Hall–Kier alpha value is -1.30. The standard InChI is InChI=1S/C10H17N3O2S/c1-4-16-7-8(11-2)10(15)13-6-5-9(14)12-3/h7H,2,4-6H2,1,3H3,(H,12,14)(H,13,15)/b8-7-. The molecule has 16 heavy (non-hydrogen) atoms. The van der Waals surface area contributed by atoms with Crippen LogP contribution in [0.4, 0.5) is 0 Å². The van der Waals surface area contributed by atoms with Crippen LogP contribution in [0.3, 0.4) is 0 Å². The first-order chi connectivity index (χ1) is 7.65. The molecule has 2 N–H and O–H groups in total. The van der Waals surface area contributed by atoms with Gasteiger partial charge in [-0.15, -0.1) is 11.8 Å². The predicted molar refractivity (Wildman–Crippen MR) is 67.5 cm³/mol. The number of hydrogen-bond donors (Lipinski definition) is 2. The molecule has 0 aliphatic rings. The minimum absolute atomic E-state index is 0.111. The van der Waals surface area contributed by atoms with E-state index in [9.17, 15) is 9.59 Å². The number of carbonyl (C=O) groups excluding carboxylic acids is 2. The van der Waals surface area contributed by atoms with Gasteiger partial charge in [-0.25, -0.2) is 0 Å². The molecule has 0 bridgehead atoms. The number of nitrogens with zero attached hydrogens (tertiary/aromatic N) is 1. The molecule has 0 atom stereocenters. The zero-order valence-corrected chi connectivity index (χ0v) is 10.4. The average molecular weight is 243 g/mol. The lowest BCUT2D eigenvalue weighted by molar-refractivity contribution is -0.120. The highest BCUT2D eigenvalue weighted by atomic mass is 32.2. The van der Waals surface area contributed by atoms with Crippen LogP contribution in [0, 0.1) is 0 Å². The fourth-order valence-electron chi connectivity index (χ4n) is 0.830. The minimum Gasteiger partial charge on any atom is -0.359 e. The molecule has 2 amide bonds. The fraction of sp³-hybridized carbons (Fsp3) is 0.500. The van der Waals surface area contributed by atoms with Crippen LogP contribution in [0.15, 0.2) is 16.1 Å². The molecule has 5 nitrogen and oxygen atoms in total. The van der Waals surface area contributed by atoms with E-state index < -0.39 is 0 Å².